The lowest BCUT2D eigenvalue weighted by Gasteiger charge is -2.38. The summed E-state index contributed by atoms with van der Waals surface area (Å²) in [6.45, 7) is 14.5. The molecule has 0 N–H and O–H groups in total. The molecule has 22 heavy (non-hydrogen) atoms. The number of ether oxygens (including phenoxy) is 3. The molecule has 0 aromatic heterocycles. The molecule has 0 aromatic rings. The monoisotopic (exact) mass is 330 g/mol. The summed E-state index contributed by atoms with van der Waals surface area (Å²) in [5.41, 5.74) is 0. The van der Waals surface area contributed by atoms with Crippen LogP contribution in [0.3, 0.4) is 0 Å². The highest BCUT2D eigenvalue weighted by Crippen LogP contribution is 2.44. The van der Waals surface area contributed by atoms with E-state index in [2.05, 4.69) is 33.9 Å². The highest BCUT2D eigenvalue weighted by molar-refractivity contribution is 6.74. The maximum absolute atomic E-state index is 6.50. The molecule has 0 bridgehead atoms. The van der Waals surface area contributed by atoms with E-state index in [1.54, 1.807) is 7.11 Å². The van der Waals surface area contributed by atoms with Crippen molar-refractivity contribution in [2.45, 2.75) is 57.8 Å². The van der Waals surface area contributed by atoms with Gasteiger partial charge in [0.2, 0.25) is 0 Å². The van der Waals surface area contributed by atoms with Crippen LogP contribution in [0.15, 0.2) is 0 Å². The third-order valence-electron chi connectivity index (χ3n) is 5.95. The van der Waals surface area contributed by atoms with Gasteiger partial charge in [-0.2, -0.15) is 0 Å². The topological polar surface area (TPSA) is 36.9 Å². The van der Waals surface area contributed by atoms with Crippen molar-refractivity contribution < 1.29 is 18.6 Å². The Morgan fingerprint density at radius 3 is 2.59 bits per heavy atom. The molecular weight excluding hydrogens is 296 g/mol. The molecule has 130 valence electrons. The van der Waals surface area contributed by atoms with Gasteiger partial charge in [-0.05, 0) is 42.8 Å². The molecule has 2 aliphatic rings. The van der Waals surface area contributed by atoms with Crippen LogP contribution >= 0.6 is 0 Å². The fraction of sp³-hybridized carbons (Fsp3) is 1.00. The van der Waals surface area contributed by atoms with Crippen molar-refractivity contribution in [2.24, 2.45) is 17.8 Å². The fourth-order valence-electron chi connectivity index (χ4n) is 3.42. The Hall–Kier alpha value is 0.0569. The van der Waals surface area contributed by atoms with Crippen LogP contribution in [0.1, 0.15) is 33.6 Å². The molecule has 1 saturated heterocycles. The Morgan fingerprint density at radius 1 is 1.23 bits per heavy atom. The molecule has 1 heterocycles. The van der Waals surface area contributed by atoms with E-state index >= 15 is 0 Å². The number of fused-ring (bicyclic) bond motifs is 1. The zero-order valence-corrected chi connectivity index (χ0v) is 16.2. The van der Waals surface area contributed by atoms with Gasteiger partial charge >= 0.3 is 0 Å². The number of hydrogen-bond acceptors (Lipinski definition) is 4. The highest BCUT2D eigenvalue weighted by Gasteiger charge is 2.47. The van der Waals surface area contributed by atoms with Crippen molar-refractivity contribution in [3.63, 3.8) is 0 Å². The first-order chi connectivity index (χ1) is 10.3. The van der Waals surface area contributed by atoms with Crippen LogP contribution in [0.25, 0.3) is 0 Å². The minimum absolute atomic E-state index is 0.247. The van der Waals surface area contributed by atoms with Gasteiger partial charge in [-0.15, -0.1) is 0 Å². The molecule has 1 aliphatic heterocycles. The second-order valence-electron chi connectivity index (χ2n) is 8.37. The minimum atomic E-state index is -1.72. The van der Waals surface area contributed by atoms with E-state index in [0.717, 1.165) is 38.6 Å². The van der Waals surface area contributed by atoms with Crippen molar-refractivity contribution in [1.82, 2.24) is 0 Å². The van der Waals surface area contributed by atoms with E-state index < -0.39 is 8.32 Å². The molecule has 2 fully saturated rings. The average molecular weight is 331 g/mol. The fourth-order valence-corrected chi connectivity index (χ4v) is 4.46. The molecule has 1 unspecified atom stereocenters. The van der Waals surface area contributed by atoms with Crippen molar-refractivity contribution in [2.75, 3.05) is 33.7 Å². The Balaban J connectivity index is 2.00. The predicted molar refractivity (Wildman–Crippen MR) is 90.4 cm³/mol. The smallest absolute Gasteiger partial charge is 0.191 e. The molecule has 2 rings (SSSR count). The summed E-state index contributed by atoms with van der Waals surface area (Å²) >= 11 is 0. The molecule has 0 radical (unpaired) electrons. The van der Waals surface area contributed by atoms with Gasteiger partial charge in [0.15, 0.2) is 8.32 Å². The first-order valence-electron chi connectivity index (χ1n) is 8.58. The molecule has 4 nitrogen and oxygen atoms in total. The van der Waals surface area contributed by atoms with Crippen molar-refractivity contribution in [3.8, 4) is 0 Å². The van der Waals surface area contributed by atoms with Crippen LogP contribution in [-0.2, 0) is 18.6 Å². The number of rotatable bonds is 6. The van der Waals surface area contributed by atoms with E-state index in [-0.39, 0.29) is 11.1 Å². The molecule has 5 heteroatoms. The van der Waals surface area contributed by atoms with Crippen molar-refractivity contribution >= 4 is 8.32 Å². The summed E-state index contributed by atoms with van der Waals surface area (Å²) in [5, 5.41) is 0.247. The molecule has 1 saturated carbocycles. The van der Waals surface area contributed by atoms with Crippen LogP contribution in [0, 0.1) is 17.8 Å². The van der Waals surface area contributed by atoms with Crippen LogP contribution in [0.2, 0.25) is 18.1 Å². The maximum Gasteiger partial charge on any atom is 0.191 e. The molecular formula is C17H34O4Si. The normalized spacial score (nSPS) is 33.0. The first kappa shape index (κ1) is 18.4. The summed E-state index contributed by atoms with van der Waals surface area (Å²) in [6, 6.07) is 0. The van der Waals surface area contributed by atoms with Gasteiger partial charge in [-0.3, -0.25) is 0 Å². The molecule has 4 atom stereocenters. The predicted octanol–water partition coefficient (Wildman–Crippen LogP) is 3.67. The van der Waals surface area contributed by atoms with Crippen LogP contribution in [-0.4, -0.2) is 48.1 Å². The quantitative estimate of drug-likeness (QED) is 0.550. The standard InChI is InChI=1S/C17H34O4Si/c1-17(2,3)22(5,6)21-11-15-14-10-19-8-7-13(14)9-16(15)20-12-18-4/h13-16H,7-12H2,1-6H3/t13-,14+,15+,16?/m1/s1. The maximum atomic E-state index is 6.50. The SMILES string of the molecule is COCOC1C[C@H]2CCOC[C@@H]2[C@@H]1CO[Si](C)(C)C(C)(C)C. The zero-order chi connectivity index (χ0) is 16.4. The van der Waals surface area contributed by atoms with Crippen LogP contribution in [0.5, 0.6) is 0 Å². The van der Waals surface area contributed by atoms with Crippen LogP contribution < -0.4 is 0 Å². The highest BCUT2D eigenvalue weighted by atomic mass is 28.4. The summed E-state index contributed by atoms with van der Waals surface area (Å²) in [6.07, 6.45) is 2.54. The Morgan fingerprint density at radius 2 is 1.95 bits per heavy atom. The lowest BCUT2D eigenvalue weighted by molar-refractivity contribution is -0.0946. The lowest BCUT2D eigenvalue weighted by Crippen LogP contribution is -2.44. The molecule has 1 aliphatic carbocycles. The Kier molecular flexibility index (Phi) is 6.11. The largest absolute Gasteiger partial charge is 0.416 e. The van der Waals surface area contributed by atoms with Gasteiger partial charge in [0, 0.05) is 26.2 Å². The summed E-state index contributed by atoms with van der Waals surface area (Å²) in [4.78, 5) is 0. The summed E-state index contributed by atoms with van der Waals surface area (Å²) in [7, 11) is -0.0307. The number of hydrogen-bond donors (Lipinski definition) is 0. The Bertz CT molecular complexity index is 353. The van der Waals surface area contributed by atoms with Gasteiger partial charge in [-0.1, -0.05) is 20.8 Å². The molecule has 0 amide bonds. The van der Waals surface area contributed by atoms with E-state index in [0.29, 0.717) is 18.6 Å². The van der Waals surface area contributed by atoms with Gasteiger partial charge < -0.3 is 18.6 Å². The van der Waals surface area contributed by atoms with E-state index in [1.165, 1.54) is 0 Å². The second-order valence-corrected chi connectivity index (χ2v) is 13.2. The molecule has 0 aromatic carbocycles. The molecule has 0 spiro atoms. The summed E-state index contributed by atoms with van der Waals surface area (Å²) < 4.78 is 23.3. The minimum Gasteiger partial charge on any atom is -0.416 e. The average Bonchev–Trinajstić information content (AvgIpc) is 2.79. The van der Waals surface area contributed by atoms with E-state index in [4.69, 9.17) is 18.6 Å². The van der Waals surface area contributed by atoms with Crippen molar-refractivity contribution in [3.05, 3.63) is 0 Å². The van der Waals surface area contributed by atoms with Gasteiger partial charge in [0.1, 0.15) is 6.79 Å². The van der Waals surface area contributed by atoms with E-state index in [1.807, 2.05) is 0 Å². The first-order valence-corrected chi connectivity index (χ1v) is 11.5. The van der Waals surface area contributed by atoms with Crippen molar-refractivity contribution in [1.29, 1.82) is 0 Å². The zero-order valence-electron chi connectivity index (χ0n) is 15.2. The van der Waals surface area contributed by atoms with Gasteiger partial charge in [-0.25, -0.2) is 0 Å². The van der Waals surface area contributed by atoms with Crippen LogP contribution in [0.4, 0.5) is 0 Å². The van der Waals surface area contributed by atoms with Gasteiger partial charge in [0.25, 0.3) is 0 Å². The number of methoxy groups -OCH3 is 1. The summed E-state index contributed by atoms with van der Waals surface area (Å²) in [5.74, 6) is 1.75. The van der Waals surface area contributed by atoms with Gasteiger partial charge in [0.05, 0.1) is 12.7 Å². The second kappa shape index (κ2) is 7.30. The van der Waals surface area contributed by atoms with E-state index in [9.17, 15) is 0 Å². The third kappa shape index (κ3) is 4.12. The third-order valence-corrected chi connectivity index (χ3v) is 10.5. The lowest BCUT2D eigenvalue weighted by atomic mass is 9.87. The Labute approximate surface area is 137 Å².